The lowest BCUT2D eigenvalue weighted by Gasteiger charge is -2.18. The summed E-state index contributed by atoms with van der Waals surface area (Å²) in [5, 5.41) is 6.20. The van der Waals surface area contributed by atoms with Crippen molar-refractivity contribution in [2.24, 2.45) is 5.92 Å². The summed E-state index contributed by atoms with van der Waals surface area (Å²) in [4.78, 5) is 16.4. The molecule has 5 nitrogen and oxygen atoms in total. The number of pyridine rings is 1. The number of aromatic nitrogens is 1. The van der Waals surface area contributed by atoms with Gasteiger partial charge in [-0.15, -0.1) is 0 Å². The van der Waals surface area contributed by atoms with E-state index in [1.807, 2.05) is 19.1 Å². The Labute approximate surface area is 113 Å². The number of hydrogen-bond donors (Lipinski definition) is 2. The Bertz CT molecular complexity index is 419. The molecule has 1 fully saturated rings. The highest BCUT2D eigenvalue weighted by atomic mass is 16.5. The van der Waals surface area contributed by atoms with Crippen molar-refractivity contribution in [2.75, 3.05) is 25.1 Å². The molecule has 5 heteroatoms. The SMILES string of the molecule is CCCNC1COCC1C(=O)Nc1ccc(C)cn1. The standard InChI is InChI=1S/C14H21N3O2/c1-3-6-15-12-9-19-8-11(12)14(18)17-13-5-4-10(2)7-16-13/h4-5,7,11-12,15H,3,6,8-9H2,1-2H3,(H,16,17,18). The monoisotopic (exact) mass is 263 g/mol. The van der Waals surface area contributed by atoms with Crippen molar-refractivity contribution >= 4 is 11.7 Å². The van der Waals surface area contributed by atoms with Gasteiger partial charge >= 0.3 is 0 Å². The molecular weight excluding hydrogens is 242 g/mol. The van der Waals surface area contributed by atoms with Crippen LogP contribution in [0.1, 0.15) is 18.9 Å². The maximum atomic E-state index is 12.2. The summed E-state index contributed by atoms with van der Waals surface area (Å²) in [5.41, 5.74) is 1.07. The molecular formula is C14H21N3O2. The summed E-state index contributed by atoms with van der Waals surface area (Å²) in [6.45, 7) is 6.04. The number of amides is 1. The van der Waals surface area contributed by atoms with Gasteiger partial charge in [0.2, 0.25) is 5.91 Å². The van der Waals surface area contributed by atoms with Crippen LogP contribution in [-0.2, 0) is 9.53 Å². The molecule has 1 saturated heterocycles. The fraction of sp³-hybridized carbons (Fsp3) is 0.571. The van der Waals surface area contributed by atoms with E-state index in [1.165, 1.54) is 0 Å². The van der Waals surface area contributed by atoms with E-state index < -0.39 is 0 Å². The number of anilines is 1. The average Bonchev–Trinajstić information content (AvgIpc) is 2.87. The molecule has 2 heterocycles. The van der Waals surface area contributed by atoms with Crippen LogP contribution in [0.15, 0.2) is 18.3 Å². The van der Waals surface area contributed by atoms with Gasteiger partial charge < -0.3 is 15.4 Å². The molecule has 0 saturated carbocycles. The number of aryl methyl sites for hydroxylation is 1. The summed E-state index contributed by atoms with van der Waals surface area (Å²) in [7, 11) is 0. The van der Waals surface area contributed by atoms with E-state index in [1.54, 1.807) is 6.20 Å². The predicted octanol–water partition coefficient (Wildman–Crippen LogP) is 1.34. The highest BCUT2D eigenvalue weighted by Crippen LogP contribution is 2.16. The third-order valence-corrected chi connectivity index (χ3v) is 3.24. The second-order valence-corrected chi connectivity index (χ2v) is 4.91. The minimum Gasteiger partial charge on any atom is -0.379 e. The maximum Gasteiger partial charge on any atom is 0.232 e. The molecule has 0 bridgehead atoms. The number of carbonyl (C=O) groups excluding carboxylic acids is 1. The fourth-order valence-corrected chi connectivity index (χ4v) is 2.10. The van der Waals surface area contributed by atoms with Gasteiger partial charge in [0, 0.05) is 12.2 Å². The third kappa shape index (κ3) is 3.75. The Hall–Kier alpha value is -1.46. The molecule has 2 unspecified atom stereocenters. The Morgan fingerprint density at radius 3 is 3.00 bits per heavy atom. The van der Waals surface area contributed by atoms with Crippen molar-refractivity contribution in [2.45, 2.75) is 26.3 Å². The van der Waals surface area contributed by atoms with Crippen molar-refractivity contribution in [1.29, 1.82) is 0 Å². The number of ether oxygens (including phenoxy) is 1. The molecule has 2 N–H and O–H groups in total. The van der Waals surface area contributed by atoms with Crippen LogP contribution in [-0.4, -0.2) is 36.7 Å². The van der Waals surface area contributed by atoms with Crippen molar-refractivity contribution in [3.8, 4) is 0 Å². The Morgan fingerprint density at radius 2 is 2.32 bits per heavy atom. The minimum atomic E-state index is -0.144. The number of rotatable bonds is 5. The Kier molecular flexibility index (Phi) is 4.87. The Balaban J connectivity index is 1.93. The molecule has 2 atom stereocenters. The molecule has 0 spiro atoms. The van der Waals surface area contributed by atoms with Gasteiger partial charge in [-0.2, -0.15) is 0 Å². The van der Waals surface area contributed by atoms with Gasteiger partial charge in [0.05, 0.1) is 19.1 Å². The molecule has 2 rings (SSSR count). The first-order chi connectivity index (χ1) is 9.20. The van der Waals surface area contributed by atoms with Crippen LogP contribution in [0, 0.1) is 12.8 Å². The summed E-state index contributed by atoms with van der Waals surface area (Å²) >= 11 is 0. The third-order valence-electron chi connectivity index (χ3n) is 3.24. The first-order valence-electron chi connectivity index (χ1n) is 6.75. The molecule has 0 aliphatic carbocycles. The lowest BCUT2D eigenvalue weighted by Crippen LogP contribution is -2.41. The Morgan fingerprint density at radius 1 is 1.47 bits per heavy atom. The lowest BCUT2D eigenvalue weighted by atomic mass is 10.0. The van der Waals surface area contributed by atoms with Crippen LogP contribution in [0.3, 0.4) is 0 Å². The van der Waals surface area contributed by atoms with Crippen LogP contribution >= 0.6 is 0 Å². The van der Waals surface area contributed by atoms with Gasteiger partial charge in [0.1, 0.15) is 5.82 Å². The van der Waals surface area contributed by atoms with E-state index in [9.17, 15) is 4.79 Å². The highest BCUT2D eigenvalue weighted by Gasteiger charge is 2.33. The number of nitrogens with zero attached hydrogens (tertiary/aromatic N) is 1. The van der Waals surface area contributed by atoms with Crippen molar-refractivity contribution < 1.29 is 9.53 Å². The highest BCUT2D eigenvalue weighted by molar-refractivity contribution is 5.92. The topological polar surface area (TPSA) is 63.2 Å². The van der Waals surface area contributed by atoms with Gasteiger partial charge in [-0.25, -0.2) is 4.98 Å². The van der Waals surface area contributed by atoms with Crippen molar-refractivity contribution in [3.63, 3.8) is 0 Å². The zero-order valence-electron chi connectivity index (χ0n) is 11.5. The largest absolute Gasteiger partial charge is 0.379 e. The van der Waals surface area contributed by atoms with E-state index in [0.29, 0.717) is 19.0 Å². The first kappa shape index (κ1) is 14.0. The van der Waals surface area contributed by atoms with Gasteiger partial charge in [-0.3, -0.25) is 4.79 Å². The molecule has 1 aromatic rings. The average molecular weight is 263 g/mol. The summed E-state index contributed by atoms with van der Waals surface area (Å²) in [6, 6.07) is 3.85. The lowest BCUT2D eigenvalue weighted by molar-refractivity contribution is -0.120. The molecule has 0 radical (unpaired) electrons. The number of carbonyl (C=O) groups is 1. The normalized spacial score (nSPS) is 22.4. The zero-order chi connectivity index (χ0) is 13.7. The van der Waals surface area contributed by atoms with E-state index in [-0.39, 0.29) is 17.9 Å². The second kappa shape index (κ2) is 6.63. The molecule has 1 aliphatic heterocycles. The minimum absolute atomic E-state index is 0.0255. The van der Waals surface area contributed by atoms with E-state index in [2.05, 4.69) is 22.5 Å². The molecule has 104 valence electrons. The van der Waals surface area contributed by atoms with Crippen LogP contribution in [0.25, 0.3) is 0 Å². The van der Waals surface area contributed by atoms with E-state index >= 15 is 0 Å². The van der Waals surface area contributed by atoms with Gasteiger partial charge in [0.25, 0.3) is 0 Å². The van der Waals surface area contributed by atoms with Crippen LogP contribution in [0.2, 0.25) is 0 Å². The van der Waals surface area contributed by atoms with Crippen LogP contribution in [0.5, 0.6) is 0 Å². The van der Waals surface area contributed by atoms with E-state index in [4.69, 9.17) is 4.74 Å². The number of nitrogens with one attached hydrogen (secondary N) is 2. The molecule has 0 aromatic carbocycles. The summed E-state index contributed by atoms with van der Waals surface area (Å²) in [6.07, 6.45) is 2.79. The van der Waals surface area contributed by atoms with Crippen molar-refractivity contribution in [1.82, 2.24) is 10.3 Å². The molecule has 19 heavy (non-hydrogen) atoms. The maximum absolute atomic E-state index is 12.2. The first-order valence-corrected chi connectivity index (χ1v) is 6.75. The smallest absolute Gasteiger partial charge is 0.232 e. The van der Waals surface area contributed by atoms with Crippen molar-refractivity contribution in [3.05, 3.63) is 23.9 Å². The number of hydrogen-bond acceptors (Lipinski definition) is 4. The van der Waals surface area contributed by atoms with Gasteiger partial charge in [-0.05, 0) is 31.5 Å². The van der Waals surface area contributed by atoms with Crippen LogP contribution < -0.4 is 10.6 Å². The molecule has 1 aliphatic rings. The fourth-order valence-electron chi connectivity index (χ4n) is 2.10. The van der Waals surface area contributed by atoms with E-state index in [0.717, 1.165) is 18.5 Å². The zero-order valence-corrected chi connectivity index (χ0v) is 11.5. The molecule has 1 aromatic heterocycles. The predicted molar refractivity (Wildman–Crippen MR) is 74.0 cm³/mol. The van der Waals surface area contributed by atoms with Gasteiger partial charge in [-0.1, -0.05) is 13.0 Å². The molecule has 1 amide bonds. The quantitative estimate of drug-likeness (QED) is 0.841. The summed E-state index contributed by atoms with van der Waals surface area (Å²) in [5.74, 6) is 0.425. The van der Waals surface area contributed by atoms with Gasteiger partial charge in [0.15, 0.2) is 0 Å². The van der Waals surface area contributed by atoms with Crippen LogP contribution in [0.4, 0.5) is 5.82 Å². The summed E-state index contributed by atoms with van der Waals surface area (Å²) < 4.78 is 5.40. The second-order valence-electron chi connectivity index (χ2n) is 4.91.